The van der Waals surface area contributed by atoms with E-state index in [2.05, 4.69) is 44.2 Å². The van der Waals surface area contributed by atoms with E-state index in [1.807, 2.05) is 24.1 Å². The van der Waals surface area contributed by atoms with Crippen molar-refractivity contribution in [1.82, 2.24) is 19.7 Å². The first-order valence-electron chi connectivity index (χ1n) is 8.71. The molecule has 4 aromatic rings. The monoisotopic (exact) mass is 365 g/mol. The van der Waals surface area contributed by atoms with E-state index in [4.69, 9.17) is 0 Å². The molecule has 0 unspecified atom stereocenters. The number of aromatic nitrogens is 4. The second-order valence-electron chi connectivity index (χ2n) is 6.88. The molecule has 26 heavy (non-hydrogen) atoms. The third-order valence-electron chi connectivity index (χ3n) is 5.28. The van der Waals surface area contributed by atoms with Gasteiger partial charge in [0.15, 0.2) is 0 Å². The Morgan fingerprint density at radius 3 is 2.92 bits per heavy atom. The first-order valence-corrected chi connectivity index (χ1v) is 9.53. The summed E-state index contributed by atoms with van der Waals surface area (Å²) in [6.07, 6.45) is 5.61. The Hall–Kier alpha value is -2.51. The molecule has 6 nitrogen and oxygen atoms in total. The van der Waals surface area contributed by atoms with Gasteiger partial charge in [-0.05, 0) is 11.6 Å². The summed E-state index contributed by atoms with van der Waals surface area (Å²) in [6, 6.07) is 8.38. The highest BCUT2D eigenvalue weighted by molar-refractivity contribution is 7.25. The number of fused-ring (bicyclic) bond motifs is 3. The zero-order valence-corrected chi connectivity index (χ0v) is 15.2. The van der Waals surface area contributed by atoms with Crippen molar-refractivity contribution in [2.75, 3.05) is 24.6 Å². The molecule has 1 fully saturated rings. The van der Waals surface area contributed by atoms with Crippen LogP contribution in [0, 0.1) is 5.92 Å². The second-order valence-corrected chi connectivity index (χ2v) is 7.91. The van der Waals surface area contributed by atoms with Crippen molar-refractivity contribution >= 4 is 37.5 Å². The lowest BCUT2D eigenvalue weighted by atomic mass is 9.92. The highest BCUT2D eigenvalue weighted by atomic mass is 32.1. The van der Waals surface area contributed by atoms with Crippen molar-refractivity contribution in [2.45, 2.75) is 5.92 Å². The molecule has 1 aliphatic heterocycles. The van der Waals surface area contributed by atoms with E-state index in [-0.39, 0.29) is 18.4 Å². The molecule has 0 saturated carbocycles. The predicted molar refractivity (Wildman–Crippen MR) is 104 cm³/mol. The van der Waals surface area contributed by atoms with Crippen molar-refractivity contribution < 1.29 is 5.11 Å². The zero-order chi connectivity index (χ0) is 17.7. The number of aliphatic hydroxyl groups excluding tert-OH is 1. The molecule has 1 saturated heterocycles. The van der Waals surface area contributed by atoms with Gasteiger partial charge in [-0.3, -0.25) is 4.68 Å². The minimum absolute atomic E-state index is 0.161. The van der Waals surface area contributed by atoms with Crippen LogP contribution in [0.5, 0.6) is 0 Å². The van der Waals surface area contributed by atoms with Crippen LogP contribution in [0.3, 0.4) is 0 Å². The third-order valence-corrected chi connectivity index (χ3v) is 6.36. The predicted octanol–water partition coefficient (Wildman–Crippen LogP) is 2.79. The topological polar surface area (TPSA) is 67.1 Å². The van der Waals surface area contributed by atoms with Crippen LogP contribution < -0.4 is 4.90 Å². The fourth-order valence-corrected chi connectivity index (χ4v) is 5.06. The van der Waals surface area contributed by atoms with E-state index < -0.39 is 0 Å². The number of aliphatic hydroxyl groups is 1. The minimum atomic E-state index is 0.161. The molecule has 0 aliphatic carbocycles. The number of hydrogen-bond acceptors (Lipinski definition) is 6. The maximum atomic E-state index is 9.93. The number of rotatable bonds is 3. The number of benzene rings is 1. The summed E-state index contributed by atoms with van der Waals surface area (Å²) < 4.78 is 3.05. The SMILES string of the molecule is Cn1cc([C@@H]2CN(c3ncnc4sc5ccccc5c34)C[C@H]2CO)cn1. The summed E-state index contributed by atoms with van der Waals surface area (Å²) in [4.78, 5) is 12.4. The summed E-state index contributed by atoms with van der Waals surface area (Å²) in [5, 5.41) is 16.6. The third kappa shape index (κ3) is 2.39. The van der Waals surface area contributed by atoms with Crippen LogP contribution in [0.1, 0.15) is 11.5 Å². The Kier molecular flexibility index (Phi) is 3.65. The molecule has 5 rings (SSSR count). The van der Waals surface area contributed by atoms with Gasteiger partial charge in [-0.2, -0.15) is 5.10 Å². The lowest BCUT2D eigenvalue weighted by Gasteiger charge is -2.18. The zero-order valence-electron chi connectivity index (χ0n) is 14.4. The molecule has 1 aromatic carbocycles. The van der Waals surface area contributed by atoms with Crippen molar-refractivity contribution in [1.29, 1.82) is 0 Å². The van der Waals surface area contributed by atoms with Crippen LogP contribution in [-0.4, -0.2) is 44.6 Å². The van der Waals surface area contributed by atoms with Crippen molar-refractivity contribution in [3.8, 4) is 0 Å². The van der Waals surface area contributed by atoms with Gasteiger partial charge in [-0.15, -0.1) is 11.3 Å². The fourth-order valence-electron chi connectivity index (χ4n) is 4.02. The molecular weight excluding hydrogens is 346 g/mol. The molecule has 2 atom stereocenters. The normalized spacial score (nSPS) is 20.5. The van der Waals surface area contributed by atoms with Crippen molar-refractivity contribution in [2.24, 2.45) is 13.0 Å². The number of nitrogens with zero attached hydrogens (tertiary/aromatic N) is 5. The van der Waals surface area contributed by atoms with E-state index in [1.165, 1.54) is 15.6 Å². The highest BCUT2D eigenvalue weighted by Gasteiger charge is 2.35. The maximum absolute atomic E-state index is 9.93. The van der Waals surface area contributed by atoms with Crippen LogP contribution in [0.2, 0.25) is 0 Å². The van der Waals surface area contributed by atoms with E-state index >= 15 is 0 Å². The number of anilines is 1. The van der Waals surface area contributed by atoms with E-state index in [0.29, 0.717) is 0 Å². The van der Waals surface area contributed by atoms with Crippen LogP contribution in [0.25, 0.3) is 20.3 Å². The largest absolute Gasteiger partial charge is 0.396 e. The van der Waals surface area contributed by atoms with Gasteiger partial charge in [0.05, 0.1) is 11.6 Å². The van der Waals surface area contributed by atoms with E-state index in [9.17, 15) is 5.11 Å². The van der Waals surface area contributed by atoms with Crippen molar-refractivity contribution in [3.63, 3.8) is 0 Å². The molecule has 0 spiro atoms. The van der Waals surface area contributed by atoms with Gasteiger partial charge < -0.3 is 10.0 Å². The van der Waals surface area contributed by atoms with Gasteiger partial charge in [0.2, 0.25) is 0 Å². The van der Waals surface area contributed by atoms with Crippen LogP contribution >= 0.6 is 11.3 Å². The number of thiophene rings is 1. The Morgan fingerprint density at radius 1 is 1.23 bits per heavy atom. The standard InChI is InChI=1S/C19H19N5OS/c1-23-7-12(6-22-23)15-9-24(8-13(15)10-25)18-17-14-4-2-3-5-16(14)26-19(17)21-11-20-18/h2-7,11,13,15,25H,8-10H2,1H3/t13-,15-/m0/s1. The summed E-state index contributed by atoms with van der Waals surface area (Å²) in [7, 11) is 1.93. The first kappa shape index (κ1) is 15.7. The summed E-state index contributed by atoms with van der Waals surface area (Å²) >= 11 is 1.70. The van der Waals surface area contributed by atoms with Crippen molar-refractivity contribution in [3.05, 3.63) is 48.5 Å². The Morgan fingerprint density at radius 2 is 2.12 bits per heavy atom. The molecule has 0 amide bonds. The van der Waals surface area contributed by atoms with Crippen LogP contribution in [0.15, 0.2) is 43.0 Å². The molecule has 1 N–H and O–H groups in total. The average Bonchev–Trinajstić information content (AvgIpc) is 3.36. The molecular formula is C19H19N5OS. The lowest BCUT2D eigenvalue weighted by Crippen LogP contribution is -2.22. The van der Waals surface area contributed by atoms with Gasteiger partial charge >= 0.3 is 0 Å². The van der Waals surface area contributed by atoms with Gasteiger partial charge in [-0.25, -0.2) is 9.97 Å². The van der Waals surface area contributed by atoms with Gasteiger partial charge in [0.25, 0.3) is 0 Å². The number of hydrogen-bond donors (Lipinski definition) is 1. The molecule has 3 aromatic heterocycles. The smallest absolute Gasteiger partial charge is 0.141 e. The second kappa shape index (κ2) is 6.03. The van der Waals surface area contributed by atoms with Crippen LogP contribution in [-0.2, 0) is 7.05 Å². The fraction of sp³-hybridized carbons (Fsp3) is 0.316. The summed E-state index contributed by atoms with van der Waals surface area (Å²) in [5.41, 5.74) is 1.18. The first-order chi connectivity index (χ1) is 12.7. The number of aryl methyl sites for hydroxylation is 1. The van der Waals surface area contributed by atoms with Gasteiger partial charge in [0.1, 0.15) is 17.0 Å². The molecule has 0 bridgehead atoms. The maximum Gasteiger partial charge on any atom is 0.141 e. The van der Waals surface area contributed by atoms with Gasteiger partial charge in [0, 0.05) is 54.9 Å². The Labute approximate surface area is 154 Å². The average molecular weight is 365 g/mol. The van der Waals surface area contributed by atoms with E-state index in [0.717, 1.165) is 29.1 Å². The minimum Gasteiger partial charge on any atom is -0.396 e. The Bertz CT molecular complexity index is 1090. The molecule has 4 heterocycles. The molecule has 0 radical (unpaired) electrons. The van der Waals surface area contributed by atoms with Gasteiger partial charge in [-0.1, -0.05) is 18.2 Å². The van der Waals surface area contributed by atoms with Crippen LogP contribution in [0.4, 0.5) is 5.82 Å². The lowest BCUT2D eigenvalue weighted by molar-refractivity contribution is 0.227. The molecule has 7 heteroatoms. The highest BCUT2D eigenvalue weighted by Crippen LogP contribution is 2.41. The summed E-state index contributed by atoms with van der Waals surface area (Å²) in [5.74, 6) is 1.40. The summed E-state index contributed by atoms with van der Waals surface area (Å²) in [6.45, 7) is 1.77. The molecule has 1 aliphatic rings. The molecule has 132 valence electrons. The van der Waals surface area contributed by atoms with E-state index in [1.54, 1.807) is 17.7 Å². The quantitative estimate of drug-likeness (QED) is 0.605. The Balaban J connectivity index is 1.60.